The first-order valence-corrected chi connectivity index (χ1v) is 4.44. The first-order chi connectivity index (χ1) is 6.29. The molecule has 2 nitrogen and oxygen atoms in total. The fourth-order valence-electron chi connectivity index (χ4n) is 1.31. The van der Waals surface area contributed by atoms with Gasteiger partial charge in [0.05, 0.1) is 6.42 Å². The molecule has 1 aromatic carbocycles. The van der Waals surface area contributed by atoms with Crippen LogP contribution in [-0.2, 0) is 0 Å². The third kappa shape index (κ3) is 2.08. The number of benzene rings is 1. The molecule has 14 heavy (non-hydrogen) atoms. The van der Waals surface area contributed by atoms with Crippen molar-refractivity contribution >= 4 is 11.6 Å². The van der Waals surface area contributed by atoms with Crippen LogP contribution in [0, 0.1) is 0 Å². The van der Waals surface area contributed by atoms with Gasteiger partial charge in [0.15, 0.2) is 11.6 Å². The lowest BCUT2D eigenvalue weighted by atomic mass is 10.1. The van der Waals surface area contributed by atoms with Gasteiger partial charge >= 0.3 is 0 Å². The van der Waals surface area contributed by atoms with Crippen LogP contribution < -0.4 is 0 Å². The zero-order valence-electron chi connectivity index (χ0n) is 7.83. The van der Waals surface area contributed by atoms with Crippen molar-refractivity contribution in [2.75, 3.05) is 0 Å². The van der Waals surface area contributed by atoms with Crippen molar-refractivity contribution in [2.24, 2.45) is 0 Å². The molecule has 2 heteroatoms. The van der Waals surface area contributed by atoms with Gasteiger partial charge in [-0.2, -0.15) is 0 Å². The van der Waals surface area contributed by atoms with E-state index in [1.807, 2.05) is 13.8 Å². The van der Waals surface area contributed by atoms with Crippen molar-refractivity contribution in [1.82, 2.24) is 0 Å². The van der Waals surface area contributed by atoms with Gasteiger partial charge in [-0.05, 0) is 0 Å². The minimum atomic E-state index is -0.0504. The largest absolute Gasteiger partial charge is 0.294 e. The maximum Gasteiger partial charge on any atom is 0.171 e. The molecule has 0 atom stereocenters. The molecule has 1 aromatic rings. The van der Waals surface area contributed by atoms with Crippen LogP contribution in [0.25, 0.3) is 0 Å². The molecule has 0 bridgehead atoms. The van der Waals surface area contributed by atoms with E-state index in [9.17, 15) is 9.59 Å². The molecule has 0 saturated carbocycles. The van der Waals surface area contributed by atoms with Gasteiger partial charge in [-0.3, -0.25) is 9.59 Å². The number of hydrogen-bond donors (Lipinski definition) is 0. The fourth-order valence-corrected chi connectivity index (χ4v) is 1.31. The highest BCUT2D eigenvalue weighted by molar-refractivity contribution is 6.24. The zero-order chi connectivity index (χ0) is 9.84. The van der Waals surface area contributed by atoms with Gasteiger partial charge in [-0.1, -0.05) is 45.5 Å². The Labute approximate surface area is 84.9 Å². The summed E-state index contributed by atoms with van der Waals surface area (Å²) >= 11 is 0. The monoisotopic (exact) mass is 192 g/mol. The van der Waals surface area contributed by atoms with E-state index in [4.69, 9.17) is 0 Å². The summed E-state index contributed by atoms with van der Waals surface area (Å²) in [6.07, 6.45) is 0.0549. The number of fused-ring (bicyclic) bond motifs is 1. The standard InChI is InChI=1S/C9H6O2.C2H6.CH4/c10-8-5-9(11)7-4-2-1-3-6(7)8;1-2;/h1-4H,5H2;1-2H3;1H4. The second-order valence-electron chi connectivity index (χ2n) is 2.57. The third-order valence-corrected chi connectivity index (χ3v) is 1.85. The number of ketones is 2. The van der Waals surface area contributed by atoms with E-state index in [-0.39, 0.29) is 25.4 Å². The Morgan fingerprint density at radius 3 is 1.64 bits per heavy atom. The quantitative estimate of drug-likeness (QED) is 0.592. The summed E-state index contributed by atoms with van der Waals surface area (Å²) < 4.78 is 0. The highest BCUT2D eigenvalue weighted by Gasteiger charge is 2.25. The maximum atomic E-state index is 11.1. The van der Waals surface area contributed by atoms with E-state index in [1.165, 1.54) is 0 Å². The Bertz CT molecular complexity index is 307. The smallest absolute Gasteiger partial charge is 0.171 e. The van der Waals surface area contributed by atoms with E-state index in [0.717, 1.165) is 0 Å². The summed E-state index contributed by atoms with van der Waals surface area (Å²) in [5.41, 5.74) is 1.16. The molecule has 0 radical (unpaired) electrons. The second kappa shape index (κ2) is 5.32. The van der Waals surface area contributed by atoms with E-state index < -0.39 is 0 Å². The molecule has 0 unspecified atom stereocenters. The molecule has 0 spiro atoms. The molecule has 0 saturated heterocycles. The predicted octanol–water partition coefficient (Wildman–Crippen LogP) is 3.12. The van der Waals surface area contributed by atoms with Crippen molar-refractivity contribution in [2.45, 2.75) is 27.7 Å². The number of Topliss-reactive ketones (excluding diaryl/α,β-unsaturated/α-hetero) is 2. The zero-order valence-corrected chi connectivity index (χ0v) is 7.83. The van der Waals surface area contributed by atoms with Gasteiger partial charge in [0.25, 0.3) is 0 Å². The predicted molar refractivity (Wildman–Crippen MR) is 57.8 cm³/mol. The molecule has 1 aliphatic rings. The van der Waals surface area contributed by atoms with Gasteiger partial charge in [0.2, 0.25) is 0 Å². The van der Waals surface area contributed by atoms with E-state index in [2.05, 4.69) is 0 Å². The Morgan fingerprint density at radius 1 is 0.929 bits per heavy atom. The minimum Gasteiger partial charge on any atom is -0.294 e. The van der Waals surface area contributed by atoms with Crippen LogP contribution in [0.4, 0.5) is 0 Å². The summed E-state index contributed by atoms with van der Waals surface area (Å²) in [4.78, 5) is 22.1. The summed E-state index contributed by atoms with van der Waals surface area (Å²) in [7, 11) is 0. The summed E-state index contributed by atoms with van der Waals surface area (Å²) in [5.74, 6) is -0.101. The molecule has 76 valence electrons. The molecule has 0 heterocycles. The van der Waals surface area contributed by atoms with Gasteiger partial charge in [0, 0.05) is 11.1 Å². The third-order valence-electron chi connectivity index (χ3n) is 1.85. The average molecular weight is 192 g/mol. The molecule has 0 aromatic heterocycles. The summed E-state index contributed by atoms with van der Waals surface area (Å²) in [6, 6.07) is 6.94. The lowest BCUT2D eigenvalue weighted by molar-refractivity contribution is 0.0923. The SMILES string of the molecule is C.CC.O=C1CC(=O)c2ccccc21. The van der Waals surface area contributed by atoms with Gasteiger partial charge in [-0.15, -0.1) is 0 Å². The molecule has 0 N–H and O–H groups in total. The fraction of sp³-hybridized carbons (Fsp3) is 0.333. The van der Waals surface area contributed by atoms with E-state index in [1.54, 1.807) is 24.3 Å². The van der Waals surface area contributed by atoms with Crippen molar-refractivity contribution in [3.8, 4) is 0 Å². The minimum absolute atomic E-state index is 0. The summed E-state index contributed by atoms with van der Waals surface area (Å²) in [6.45, 7) is 4.00. The highest BCUT2D eigenvalue weighted by Crippen LogP contribution is 2.20. The normalized spacial score (nSPS) is 12.4. The molecule has 0 fully saturated rings. The second-order valence-corrected chi connectivity index (χ2v) is 2.57. The lowest BCUT2D eigenvalue weighted by Crippen LogP contribution is -1.90. The van der Waals surface area contributed by atoms with Crippen LogP contribution in [0.3, 0.4) is 0 Å². The van der Waals surface area contributed by atoms with Gasteiger partial charge in [-0.25, -0.2) is 0 Å². The van der Waals surface area contributed by atoms with Crippen molar-refractivity contribution in [3.63, 3.8) is 0 Å². The van der Waals surface area contributed by atoms with E-state index in [0.29, 0.717) is 11.1 Å². The highest BCUT2D eigenvalue weighted by atomic mass is 16.2. The Hall–Kier alpha value is -1.44. The molecule has 0 amide bonds. The number of hydrogen-bond acceptors (Lipinski definition) is 2. The Kier molecular flexibility index (Phi) is 4.78. The lowest BCUT2D eigenvalue weighted by Gasteiger charge is -1.90. The van der Waals surface area contributed by atoms with Crippen molar-refractivity contribution in [1.29, 1.82) is 0 Å². The van der Waals surface area contributed by atoms with Crippen molar-refractivity contribution in [3.05, 3.63) is 35.4 Å². The molecular formula is C12H16O2. The van der Waals surface area contributed by atoms with Gasteiger partial charge in [0.1, 0.15) is 0 Å². The van der Waals surface area contributed by atoms with Crippen LogP contribution in [0.5, 0.6) is 0 Å². The number of rotatable bonds is 0. The molecule has 1 aliphatic carbocycles. The first kappa shape index (κ1) is 12.6. The van der Waals surface area contributed by atoms with Crippen LogP contribution in [0.15, 0.2) is 24.3 Å². The topological polar surface area (TPSA) is 34.1 Å². The average Bonchev–Trinajstić information content (AvgIpc) is 2.47. The van der Waals surface area contributed by atoms with E-state index >= 15 is 0 Å². The van der Waals surface area contributed by atoms with Crippen LogP contribution in [0.2, 0.25) is 0 Å². The maximum absolute atomic E-state index is 11.1. The first-order valence-electron chi connectivity index (χ1n) is 4.44. The van der Waals surface area contributed by atoms with Crippen LogP contribution in [0.1, 0.15) is 48.4 Å². The Balaban J connectivity index is 0.000000531. The number of carbonyl (C=O) groups excluding carboxylic acids is 2. The molecule has 0 aliphatic heterocycles. The van der Waals surface area contributed by atoms with Crippen LogP contribution >= 0.6 is 0 Å². The summed E-state index contributed by atoms with van der Waals surface area (Å²) in [5, 5.41) is 0. The molecule has 2 rings (SSSR count). The van der Waals surface area contributed by atoms with Crippen LogP contribution in [-0.4, -0.2) is 11.6 Å². The Morgan fingerprint density at radius 2 is 1.29 bits per heavy atom. The van der Waals surface area contributed by atoms with Crippen molar-refractivity contribution < 1.29 is 9.59 Å². The number of carbonyl (C=O) groups is 2. The van der Waals surface area contributed by atoms with Gasteiger partial charge < -0.3 is 0 Å². The molecular weight excluding hydrogens is 176 g/mol.